The van der Waals surface area contributed by atoms with Crippen molar-refractivity contribution in [2.45, 2.75) is 43.0 Å². The first-order chi connectivity index (χ1) is 21.6. The van der Waals surface area contributed by atoms with E-state index in [1.54, 1.807) is 10.9 Å². The molecule has 3 heterocycles. The van der Waals surface area contributed by atoms with Crippen LogP contribution in [0.25, 0.3) is 22.2 Å². The molecular weight excluding hydrogens is 657 g/mol. The number of carbonyl (C=O) groups is 2. The molecule has 10 nitrogen and oxygen atoms in total. The molecule has 1 aliphatic carbocycles. The first-order valence-corrected chi connectivity index (χ1v) is 14.6. The summed E-state index contributed by atoms with van der Waals surface area (Å²) in [5.74, 6) is -2.89. The van der Waals surface area contributed by atoms with Crippen molar-refractivity contribution >= 4 is 45.9 Å². The van der Waals surface area contributed by atoms with Gasteiger partial charge < -0.3 is 25.6 Å². The number of nitrogens with zero attached hydrogens (tertiary/aromatic N) is 3. The number of benzene rings is 2. The highest BCUT2D eigenvalue weighted by Gasteiger charge is 2.58. The Morgan fingerprint density at radius 2 is 1.93 bits per heavy atom. The first kappa shape index (κ1) is 31.8. The Labute approximate surface area is 268 Å². The van der Waals surface area contributed by atoms with Crippen LogP contribution < -0.4 is 20.5 Å². The van der Waals surface area contributed by atoms with Crippen molar-refractivity contribution in [3.63, 3.8) is 0 Å². The minimum atomic E-state index is -5.43. The van der Waals surface area contributed by atoms with Gasteiger partial charge in [-0.2, -0.15) is 18.3 Å². The maximum absolute atomic E-state index is 14.8. The normalized spacial score (nSPS) is 19.0. The predicted octanol–water partition coefficient (Wildman–Crippen LogP) is 5.20. The Morgan fingerprint density at radius 3 is 2.57 bits per heavy atom. The fraction of sp³-hybridized carbons (Fsp3) is 0.333. The standard InChI is InChI=1S/C30H25Cl2F4N5O5/c1-28(27(37)43)12-46-25-18(28)9-21(39-24(25)17-7-15(31)8-19(33)22(17)32)29(44,30(34,35)36)11-38-26(42)13-5-14-10-41(16-3-4-16)40-23(14)20(6-13)45-2/h5-10,16,44H,3-4,11-12H2,1-2H3,(H2,37,43)(H,38,42)/t28-,29?/m0/s1. The number of rotatable bonds is 8. The van der Waals surface area contributed by atoms with E-state index in [0.717, 1.165) is 31.0 Å². The van der Waals surface area contributed by atoms with Crippen LogP contribution in [0.3, 0.4) is 0 Å². The van der Waals surface area contributed by atoms with Crippen LogP contribution >= 0.6 is 23.2 Å². The molecule has 0 spiro atoms. The summed E-state index contributed by atoms with van der Waals surface area (Å²) in [6, 6.07) is 5.85. The van der Waals surface area contributed by atoms with Gasteiger partial charge in [-0.1, -0.05) is 23.2 Å². The number of hydrogen-bond acceptors (Lipinski definition) is 7. The van der Waals surface area contributed by atoms with Gasteiger partial charge in [0, 0.05) is 33.3 Å². The van der Waals surface area contributed by atoms with Crippen LogP contribution in [-0.4, -0.2) is 58.1 Å². The molecule has 4 N–H and O–H groups in total. The van der Waals surface area contributed by atoms with Gasteiger partial charge in [0.1, 0.15) is 40.5 Å². The zero-order chi connectivity index (χ0) is 33.3. The van der Waals surface area contributed by atoms with Gasteiger partial charge in [0.05, 0.1) is 30.4 Å². The summed E-state index contributed by atoms with van der Waals surface area (Å²) in [7, 11) is 1.37. The maximum Gasteiger partial charge on any atom is 0.424 e. The number of hydrogen-bond donors (Lipinski definition) is 3. The molecule has 6 rings (SSSR count). The van der Waals surface area contributed by atoms with E-state index < -0.39 is 57.8 Å². The summed E-state index contributed by atoms with van der Waals surface area (Å²) < 4.78 is 71.7. The number of aliphatic hydroxyl groups is 1. The molecule has 1 unspecified atom stereocenters. The highest BCUT2D eigenvalue weighted by Crippen LogP contribution is 2.49. The van der Waals surface area contributed by atoms with E-state index in [0.29, 0.717) is 10.9 Å². The van der Waals surface area contributed by atoms with Gasteiger partial charge in [0.15, 0.2) is 0 Å². The molecular formula is C30H25Cl2F4N5O5. The molecule has 0 radical (unpaired) electrons. The number of alkyl halides is 3. The van der Waals surface area contributed by atoms with Gasteiger partial charge >= 0.3 is 6.18 Å². The molecule has 0 saturated heterocycles. The number of aromatic nitrogens is 3. The number of nitrogens with two attached hydrogens (primary N) is 1. The second kappa shape index (κ2) is 11.0. The Kier molecular flexibility index (Phi) is 7.60. The van der Waals surface area contributed by atoms with E-state index in [1.165, 1.54) is 26.2 Å². The third-order valence-corrected chi connectivity index (χ3v) is 8.86. The van der Waals surface area contributed by atoms with Crippen molar-refractivity contribution in [2.24, 2.45) is 5.73 Å². The van der Waals surface area contributed by atoms with Gasteiger partial charge in [-0.25, -0.2) is 9.37 Å². The van der Waals surface area contributed by atoms with Crippen LogP contribution in [0.2, 0.25) is 10.0 Å². The maximum atomic E-state index is 14.8. The highest BCUT2D eigenvalue weighted by atomic mass is 35.5. The zero-order valence-electron chi connectivity index (χ0n) is 24.1. The number of pyridine rings is 1. The lowest BCUT2D eigenvalue weighted by molar-refractivity contribution is -0.265. The summed E-state index contributed by atoms with van der Waals surface area (Å²) in [4.78, 5) is 29.8. The number of methoxy groups -OCH3 is 1. The molecule has 2 aliphatic rings. The van der Waals surface area contributed by atoms with Gasteiger partial charge in [-0.3, -0.25) is 14.3 Å². The number of fused-ring (bicyclic) bond motifs is 2. The first-order valence-electron chi connectivity index (χ1n) is 13.8. The van der Waals surface area contributed by atoms with Crippen molar-refractivity contribution in [2.75, 3.05) is 20.3 Å². The smallest absolute Gasteiger partial charge is 0.424 e. The number of halogens is 6. The molecule has 1 aliphatic heterocycles. The predicted molar refractivity (Wildman–Crippen MR) is 159 cm³/mol. The Balaban J connectivity index is 1.43. The molecule has 16 heteroatoms. The molecule has 2 aromatic carbocycles. The third kappa shape index (κ3) is 5.17. The zero-order valence-corrected chi connectivity index (χ0v) is 25.6. The van der Waals surface area contributed by atoms with E-state index in [-0.39, 0.29) is 45.9 Å². The second-order valence-corrected chi connectivity index (χ2v) is 12.3. The number of primary amides is 1. The van der Waals surface area contributed by atoms with Gasteiger partial charge in [0.25, 0.3) is 5.91 Å². The minimum absolute atomic E-state index is 0.0530. The van der Waals surface area contributed by atoms with Crippen molar-refractivity contribution < 1.29 is 41.7 Å². The monoisotopic (exact) mass is 681 g/mol. The number of ether oxygens (including phenoxy) is 2. The summed E-state index contributed by atoms with van der Waals surface area (Å²) in [6.07, 6.45) is -1.82. The van der Waals surface area contributed by atoms with E-state index in [9.17, 15) is 32.3 Å². The van der Waals surface area contributed by atoms with Crippen LogP contribution in [0.5, 0.6) is 11.5 Å². The summed E-state index contributed by atoms with van der Waals surface area (Å²) in [6.45, 7) is -0.467. The lowest BCUT2D eigenvalue weighted by atomic mass is 9.81. The Bertz CT molecular complexity index is 1930. The van der Waals surface area contributed by atoms with Crippen LogP contribution in [0.15, 0.2) is 36.5 Å². The van der Waals surface area contributed by atoms with E-state index in [1.807, 2.05) is 0 Å². The lowest BCUT2D eigenvalue weighted by Crippen LogP contribution is -2.51. The van der Waals surface area contributed by atoms with Crippen LogP contribution in [0.4, 0.5) is 17.6 Å². The summed E-state index contributed by atoms with van der Waals surface area (Å²) >= 11 is 12.2. The van der Waals surface area contributed by atoms with Crippen molar-refractivity contribution in [1.82, 2.24) is 20.1 Å². The topological polar surface area (TPSA) is 142 Å². The van der Waals surface area contributed by atoms with Crippen molar-refractivity contribution in [3.05, 3.63) is 69.2 Å². The highest BCUT2D eigenvalue weighted by molar-refractivity contribution is 6.35. The third-order valence-electron chi connectivity index (χ3n) is 8.26. The molecule has 46 heavy (non-hydrogen) atoms. The quantitative estimate of drug-likeness (QED) is 0.171. The van der Waals surface area contributed by atoms with E-state index in [4.69, 9.17) is 38.4 Å². The molecule has 1 saturated carbocycles. The minimum Gasteiger partial charge on any atom is -0.494 e. The fourth-order valence-corrected chi connectivity index (χ4v) is 5.69. The van der Waals surface area contributed by atoms with Gasteiger partial charge in [-0.05, 0) is 50.1 Å². The molecule has 2 atom stereocenters. The largest absolute Gasteiger partial charge is 0.494 e. The molecule has 4 aromatic rings. The van der Waals surface area contributed by atoms with E-state index >= 15 is 0 Å². The molecule has 242 valence electrons. The Hall–Kier alpha value is -4.14. The number of amides is 2. The number of carbonyl (C=O) groups excluding carboxylic acids is 2. The fourth-order valence-electron chi connectivity index (χ4n) is 5.29. The number of nitrogens with one attached hydrogen (secondary N) is 1. The lowest BCUT2D eigenvalue weighted by Gasteiger charge is -2.31. The molecule has 2 amide bonds. The molecule has 2 aromatic heterocycles. The van der Waals surface area contributed by atoms with Crippen LogP contribution in [-0.2, 0) is 15.8 Å². The van der Waals surface area contributed by atoms with Crippen molar-refractivity contribution in [1.29, 1.82) is 0 Å². The van der Waals surface area contributed by atoms with Crippen LogP contribution in [0.1, 0.15) is 47.4 Å². The molecule has 1 fully saturated rings. The molecule has 0 bridgehead atoms. The van der Waals surface area contributed by atoms with Gasteiger partial charge in [-0.15, -0.1) is 0 Å². The van der Waals surface area contributed by atoms with Gasteiger partial charge in [0.2, 0.25) is 11.5 Å². The summed E-state index contributed by atoms with van der Waals surface area (Å²) in [5, 5.41) is 17.8. The average Bonchev–Trinajstić information content (AvgIpc) is 3.67. The summed E-state index contributed by atoms with van der Waals surface area (Å²) in [5.41, 5.74) is -1.37. The van der Waals surface area contributed by atoms with Crippen LogP contribution in [0, 0.1) is 5.82 Å². The SMILES string of the molecule is COc1cc(C(=O)NCC(O)(c2cc3c(c(-c4cc(Cl)cc(F)c4Cl)n2)OC[C@]3(C)C(N)=O)C(F)(F)F)cc2cn(C3CC3)nc12. The van der Waals surface area contributed by atoms with E-state index in [2.05, 4.69) is 15.4 Å². The van der Waals surface area contributed by atoms with Crippen molar-refractivity contribution in [3.8, 4) is 22.8 Å². The Morgan fingerprint density at radius 1 is 1.22 bits per heavy atom. The second-order valence-electron chi connectivity index (χ2n) is 11.5. The average molecular weight is 682 g/mol.